The van der Waals surface area contributed by atoms with Gasteiger partial charge in [-0.05, 0) is 56.5 Å². The maximum atomic E-state index is 10.6. The number of benzene rings is 1. The number of nitrogens with zero attached hydrogens (tertiary/aromatic N) is 1. The summed E-state index contributed by atoms with van der Waals surface area (Å²) in [6, 6.07) is 6.15. The molecule has 0 bridgehead atoms. The molecule has 1 aromatic carbocycles. The average Bonchev–Trinajstić information content (AvgIpc) is 2.54. The van der Waals surface area contributed by atoms with E-state index in [0.29, 0.717) is 5.92 Å². The van der Waals surface area contributed by atoms with E-state index >= 15 is 0 Å². The van der Waals surface area contributed by atoms with Gasteiger partial charge in [-0.15, -0.1) is 0 Å². The minimum atomic E-state index is -0.358. The van der Waals surface area contributed by atoms with Gasteiger partial charge in [0.05, 0.1) is 18.3 Å². The van der Waals surface area contributed by atoms with Crippen molar-refractivity contribution < 1.29 is 9.84 Å². The number of hydrogen-bond acceptors (Lipinski definition) is 4. The molecular formula is C16H24N2O2. The van der Waals surface area contributed by atoms with Gasteiger partial charge in [-0.2, -0.15) is 0 Å². The van der Waals surface area contributed by atoms with Gasteiger partial charge < -0.3 is 20.1 Å². The van der Waals surface area contributed by atoms with E-state index in [-0.39, 0.29) is 6.10 Å². The van der Waals surface area contributed by atoms with Crippen LogP contribution < -0.4 is 15.0 Å². The molecule has 0 radical (unpaired) electrons. The Labute approximate surface area is 120 Å². The second-order valence-electron chi connectivity index (χ2n) is 5.69. The smallest absolute Gasteiger partial charge is 0.142 e. The summed E-state index contributed by atoms with van der Waals surface area (Å²) in [5.41, 5.74) is 2.16. The standard InChI is InChI=1S/C16H24N2O2/c1-2-18-9-10-20-15-4-3-13(11-14(15)18)16(19)12-5-7-17-8-6-12/h3-4,11-12,16-17,19H,2,5-10H2,1H3. The summed E-state index contributed by atoms with van der Waals surface area (Å²) in [5.74, 6) is 1.31. The van der Waals surface area contributed by atoms with Crippen LogP contribution in [0.5, 0.6) is 5.75 Å². The molecule has 1 saturated heterocycles. The van der Waals surface area contributed by atoms with Crippen LogP contribution in [0.4, 0.5) is 5.69 Å². The third-order valence-corrected chi connectivity index (χ3v) is 4.50. The number of aliphatic hydroxyl groups is 1. The van der Waals surface area contributed by atoms with E-state index in [4.69, 9.17) is 4.74 Å². The lowest BCUT2D eigenvalue weighted by atomic mass is 9.88. The van der Waals surface area contributed by atoms with Crippen LogP contribution in [0.2, 0.25) is 0 Å². The van der Waals surface area contributed by atoms with Crippen LogP contribution in [-0.2, 0) is 0 Å². The number of piperidine rings is 1. The molecule has 0 saturated carbocycles. The van der Waals surface area contributed by atoms with Gasteiger partial charge in [-0.25, -0.2) is 0 Å². The molecule has 20 heavy (non-hydrogen) atoms. The Hall–Kier alpha value is -1.26. The molecule has 110 valence electrons. The molecule has 1 atom stereocenters. The number of hydrogen-bond donors (Lipinski definition) is 2. The molecule has 2 heterocycles. The largest absolute Gasteiger partial charge is 0.490 e. The third-order valence-electron chi connectivity index (χ3n) is 4.50. The second kappa shape index (κ2) is 6.02. The molecular weight excluding hydrogens is 252 g/mol. The van der Waals surface area contributed by atoms with Crippen LogP contribution in [0.15, 0.2) is 18.2 Å². The van der Waals surface area contributed by atoms with E-state index in [1.807, 2.05) is 12.1 Å². The molecule has 0 spiro atoms. The summed E-state index contributed by atoms with van der Waals surface area (Å²) in [6.07, 6.45) is 1.74. The summed E-state index contributed by atoms with van der Waals surface area (Å²) in [5, 5.41) is 14.0. The Morgan fingerprint density at radius 2 is 2.20 bits per heavy atom. The molecule has 1 unspecified atom stereocenters. The van der Waals surface area contributed by atoms with Crippen molar-refractivity contribution in [3.63, 3.8) is 0 Å². The van der Waals surface area contributed by atoms with Gasteiger partial charge in [0.15, 0.2) is 0 Å². The second-order valence-corrected chi connectivity index (χ2v) is 5.69. The van der Waals surface area contributed by atoms with Crippen LogP contribution in [-0.4, -0.2) is 37.9 Å². The number of anilines is 1. The van der Waals surface area contributed by atoms with Crippen molar-refractivity contribution in [1.29, 1.82) is 0 Å². The van der Waals surface area contributed by atoms with E-state index in [1.54, 1.807) is 0 Å². The average molecular weight is 276 g/mol. The highest BCUT2D eigenvalue weighted by Crippen LogP contribution is 2.36. The summed E-state index contributed by atoms with van der Waals surface area (Å²) < 4.78 is 5.70. The van der Waals surface area contributed by atoms with Crippen LogP contribution in [0, 0.1) is 5.92 Å². The molecule has 0 aromatic heterocycles. The van der Waals surface area contributed by atoms with E-state index in [2.05, 4.69) is 23.2 Å². The SMILES string of the molecule is CCN1CCOc2ccc(C(O)C3CCNCC3)cc21. The van der Waals surface area contributed by atoms with Crippen molar-refractivity contribution in [2.75, 3.05) is 37.7 Å². The third kappa shape index (κ3) is 2.63. The Morgan fingerprint density at radius 1 is 1.40 bits per heavy atom. The van der Waals surface area contributed by atoms with E-state index in [1.165, 1.54) is 0 Å². The first-order chi connectivity index (χ1) is 9.79. The molecule has 1 aromatic rings. The Balaban J connectivity index is 1.83. The summed E-state index contributed by atoms with van der Waals surface area (Å²) in [7, 11) is 0. The Kier molecular flexibility index (Phi) is 4.13. The van der Waals surface area contributed by atoms with Crippen molar-refractivity contribution in [3.05, 3.63) is 23.8 Å². The topological polar surface area (TPSA) is 44.7 Å². The first-order valence-corrected chi connectivity index (χ1v) is 7.70. The number of nitrogens with one attached hydrogen (secondary N) is 1. The van der Waals surface area contributed by atoms with Crippen molar-refractivity contribution >= 4 is 5.69 Å². The fraction of sp³-hybridized carbons (Fsp3) is 0.625. The monoisotopic (exact) mass is 276 g/mol. The molecule has 4 nitrogen and oxygen atoms in total. The predicted octanol–water partition coefficient (Wildman–Crippen LogP) is 1.94. The van der Waals surface area contributed by atoms with E-state index in [9.17, 15) is 5.11 Å². The van der Waals surface area contributed by atoms with E-state index in [0.717, 1.165) is 62.6 Å². The summed E-state index contributed by atoms with van der Waals surface area (Å²) in [6.45, 7) is 6.83. The molecule has 4 heteroatoms. The molecule has 2 N–H and O–H groups in total. The van der Waals surface area contributed by atoms with Crippen molar-refractivity contribution in [2.24, 2.45) is 5.92 Å². The lowest BCUT2D eigenvalue weighted by Crippen LogP contribution is -2.33. The first-order valence-electron chi connectivity index (χ1n) is 7.70. The van der Waals surface area contributed by atoms with Crippen molar-refractivity contribution in [3.8, 4) is 5.75 Å². The number of likely N-dealkylation sites (N-methyl/N-ethyl adjacent to an activating group) is 1. The molecule has 3 rings (SSSR count). The Morgan fingerprint density at radius 3 is 2.95 bits per heavy atom. The minimum Gasteiger partial charge on any atom is -0.490 e. The predicted molar refractivity (Wildman–Crippen MR) is 80.4 cm³/mol. The highest BCUT2D eigenvalue weighted by molar-refractivity contribution is 5.61. The summed E-state index contributed by atoms with van der Waals surface area (Å²) in [4.78, 5) is 2.32. The number of fused-ring (bicyclic) bond motifs is 1. The van der Waals surface area contributed by atoms with Crippen LogP contribution in [0.1, 0.15) is 31.4 Å². The van der Waals surface area contributed by atoms with Crippen LogP contribution >= 0.6 is 0 Å². The Bertz CT molecular complexity index is 458. The van der Waals surface area contributed by atoms with Crippen LogP contribution in [0.3, 0.4) is 0 Å². The zero-order valence-corrected chi connectivity index (χ0v) is 12.1. The van der Waals surface area contributed by atoms with E-state index < -0.39 is 0 Å². The van der Waals surface area contributed by atoms with Gasteiger partial charge in [-0.1, -0.05) is 6.07 Å². The van der Waals surface area contributed by atoms with Gasteiger partial charge in [0.1, 0.15) is 12.4 Å². The lowest BCUT2D eigenvalue weighted by Gasteiger charge is -2.32. The quantitative estimate of drug-likeness (QED) is 0.885. The van der Waals surface area contributed by atoms with Gasteiger partial charge in [-0.3, -0.25) is 0 Å². The van der Waals surface area contributed by atoms with Gasteiger partial charge >= 0.3 is 0 Å². The molecule has 2 aliphatic heterocycles. The fourth-order valence-corrected chi connectivity index (χ4v) is 3.23. The number of ether oxygens (including phenoxy) is 1. The highest BCUT2D eigenvalue weighted by Gasteiger charge is 2.25. The molecule has 0 amide bonds. The normalized spacial score (nSPS) is 21.2. The van der Waals surface area contributed by atoms with Gasteiger partial charge in [0, 0.05) is 6.54 Å². The molecule has 0 aliphatic carbocycles. The minimum absolute atomic E-state index is 0.358. The molecule has 2 aliphatic rings. The van der Waals surface area contributed by atoms with Crippen LogP contribution in [0.25, 0.3) is 0 Å². The highest BCUT2D eigenvalue weighted by atomic mass is 16.5. The van der Waals surface area contributed by atoms with Gasteiger partial charge in [0.25, 0.3) is 0 Å². The first kappa shape index (κ1) is 13.7. The van der Waals surface area contributed by atoms with Crippen molar-refractivity contribution in [1.82, 2.24) is 5.32 Å². The number of aliphatic hydroxyl groups excluding tert-OH is 1. The number of rotatable bonds is 3. The maximum Gasteiger partial charge on any atom is 0.142 e. The zero-order valence-electron chi connectivity index (χ0n) is 12.1. The van der Waals surface area contributed by atoms with Crippen molar-refractivity contribution in [2.45, 2.75) is 25.9 Å². The maximum absolute atomic E-state index is 10.6. The lowest BCUT2D eigenvalue weighted by molar-refractivity contribution is 0.0889. The molecule has 1 fully saturated rings. The fourth-order valence-electron chi connectivity index (χ4n) is 3.23. The summed E-state index contributed by atoms with van der Waals surface area (Å²) >= 11 is 0. The zero-order chi connectivity index (χ0) is 13.9. The van der Waals surface area contributed by atoms with Gasteiger partial charge in [0.2, 0.25) is 0 Å².